The average Bonchev–Trinajstić information content (AvgIpc) is 2.73. The van der Waals surface area contributed by atoms with E-state index in [1.807, 2.05) is 6.92 Å². The van der Waals surface area contributed by atoms with Crippen LogP contribution < -0.4 is 5.73 Å². The number of rotatable bonds is 2. The van der Waals surface area contributed by atoms with Crippen LogP contribution in [0.1, 0.15) is 29.3 Å². The molecule has 4 nitrogen and oxygen atoms in total. The summed E-state index contributed by atoms with van der Waals surface area (Å²) in [7, 11) is 0. The van der Waals surface area contributed by atoms with E-state index >= 15 is 0 Å². The molecule has 0 bridgehead atoms. The Kier molecular flexibility index (Phi) is 2.55. The van der Waals surface area contributed by atoms with E-state index in [4.69, 9.17) is 5.73 Å². The van der Waals surface area contributed by atoms with Crippen molar-refractivity contribution in [3.63, 3.8) is 0 Å². The molecule has 0 aromatic carbocycles. The molecular formula is C9H15N3OS. The minimum atomic E-state index is -0.347. The Morgan fingerprint density at radius 2 is 2.43 bits per heavy atom. The van der Waals surface area contributed by atoms with Gasteiger partial charge in [0, 0.05) is 6.54 Å². The van der Waals surface area contributed by atoms with Gasteiger partial charge in [-0.3, -0.25) is 0 Å². The predicted molar refractivity (Wildman–Crippen MR) is 55.2 cm³/mol. The molecule has 0 radical (unpaired) electrons. The fourth-order valence-electron chi connectivity index (χ4n) is 2.13. The standard InChI is InChI=1S/C9H15N3OS/c1-6-11-12-8(14-6)9(5-10)4-2-3-7(9)13/h7,13H,2-5,10H2,1H3. The summed E-state index contributed by atoms with van der Waals surface area (Å²) in [6.45, 7) is 2.38. The molecule has 1 aromatic rings. The first-order valence-corrected chi connectivity index (χ1v) is 5.69. The lowest BCUT2D eigenvalue weighted by Crippen LogP contribution is -2.41. The Labute approximate surface area is 87.2 Å². The van der Waals surface area contributed by atoms with E-state index in [1.54, 1.807) is 11.3 Å². The molecule has 1 aliphatic carbocycles. The lowest BCUT2D eigenvalue weighted by Gasteiger charge is -2.28. The van der Waals surface area contributed by atoms with Gasteiger partial charge in [0.25, 0.3) is 0 Å². The van der Waals surface area contributed by atoms with Gasteiger partial charge in [-0.2, -0.15) is 0 Å². The zero-order chi connectivity index (χ0) is 10.2. The second-order valence-electron chi connectivity index (χ2n) is 3.89. The molecular weight excluding hydrogens is 198 g/mol. The summed E-state index contributed by atoms with van der Waals surface area (Å²) >= 11 is 1.55. The third kappa shape index (κ3) is 1.36. The molecule has 1 fully saturated rings. The highest BCUT2D eigenvalue weighted by Gasteiger charge is 2.45. The van der Waals surface area contributed by atoms with Crippen LogP contribution in [0.5, 0.6) is 0 Å². The zero-order valence-corrected chi connectivity index (χ0v) is 9.05. The molecule has 14 heavy (non-hydrogen) atoms. The minimum Gasteiger partial charge on any atom is -0.392 e. The van der Waals surface area contributed by atoms with Crippen molar-refractivity contribution in [1.82, 2.24) is 10.2 Å². The summed E-state index contributed by atoms with van der Waals surface area (Å²) in [5, 5.41) is 19.9. The van der Waals surface area contributed by atoms with Crippen LogP contribution >= 0.6 is 11.3 Å². The Bertz CT molecular complexity index is 328. The second-order valence-corrected chi connectivity index (χ2v) is 5.08. The molecule has 1 aromatic heterocycles. The molecule has 2 rings (SSSR count). The summed E-state index contributed by atoms with van der Waals surface area (Å²) in [6.07, 6.45) is 2.44. The SMILES string of the molecule is Cc1nnc(C2(CN)CCCC2O)s1. The van der Waals surface area contributed by atoms with E-state index in [0.29, 0.717) is 6.54 Å². The number of nitrogens with zero attached hydrogens (tertiary/aromatic N) is 2. The van der Waals surface area contributed by atoms with E-state index in [0.717, 1.165) is 29.3 Å². The summed E-state index contributed by atoms with van der Waals surface area (Å²) in [6, 6.07) is 0. The first-order chi connectivity index (χ1) is 6.69. The van der Waals surface area contributed by atoms with Crippen LogP contribution in [0.2, 0.25) is 0 Å². The van der Waals surface area contributed by atoms with Gasteiger partial charge in [0.15, 0.2) is 0 Å². The molecule has 5 heteroatoms. The maximum Gasteiger partial charge on any atom is 0.127 e. The fourth-order valence-corrected chi connectivity index (χ4v) is 3.09. The third-order valence-corrected chi connectivity index (χ3v) is 4.11. The average molecular weight is 213 g/mol. The van der Waals surface area contributed by atoms with Gasteiger partial charge in [0.05, 0.1) is 11.5 Å². The van der Waals surface area contributed by atoms with Crippen LogP contribution in [0, 0.1) is 6.92 Å². The maximum absolute atomic E-state index is 9.96. The fraction of sp³-hybridized carbons (Fsp3) is 0.778. The molecule has 2 atom stereocenters. The van der Waals surface area contributed by atoms with E-state index in [1.165, 1.54) is 0 Å². The summed E-state index contributed by atoms with van der Waals surface area (Å²) in [5.74, 6) is 0. The number of aliphatic hydroxyl groups is 1. The molecule has 0 aliphatic heterocycles. The summed E-state index contributed by atoms with van der Waals surface area (Å²) in [4.78, 5) is 0. The van der Waals surface area contributed by atoms with Gasteiger partial charge in [0.1, 0.15) is 10.0 Å². The van der Waals surface area contributed by atoms with Gasteiger partial charge in [-0.25, -0.2) is 0 Å². The highest BCUT2D eigenvalue weighted by Crippen LogP contribution is 2.41. The molecule has 3 N–H and O–H groups in total. The smallest absolute Gasteiger partial charge is 0.127 e. The normalized spacial score (nSPS) is 32.4. The first kappa shape index (κ1) is 10.0. The van der Waals surface area contributed by atoms with Crippen LogP contribution in [0.4, 0.5) is 0 Å². The summed E-state index contributed by atoms with van der Waals surface area (Å²) < 4.78 is 0. The highest BCUT2D eigenvalue weighted by atomic mass is 32.1. The largest absolute Gasteiger partial charge is 0.392 e. The monoisotopic (exact) mass is 213 g/mol. The Balaban J connectivity index is 2.37. The number of hydrogen-bond acceptors (Lipinski definition) is 5. The molecule has 78 valence electrons. The predicted octanol–water partition coefficient (Wildman–Crippen LogP) is 0.588. The molecule has 1 aliphatic rings. The molecule has 0 spiro atoms. The van der Waals surface area contributed by atoms with Crippen LogP contribution in [0.3, 0.4) is 0 Å². The quantitative estimate of drug-likeness (QED) is 0.754. The summed E-state index contributed by atoms with van der Waals surface area (Å²) in [5.41, 5.74) is 5.47. The minimum absolute atomic E-state index is 0.314. The van der Waals surface area contributed by atoms with Crippen LogP contribution in [0.15, 0.2) is 0 Å². The first-order valence-electron chi connectivity index (χ1n) is 4.88. The van der Waals surface area contributed by atoms with Crippen molar-refractivity contribution in [3.8, 4) is 0 Å². The van der Waals surface area contributed by atoms with Gasteiger partial charge in [0.2, 0.25) is 0 Å². The van der Waals surface area contributed by atoms with Crippen LogP contribution in [-0.4, -0.2) is 28.0 Å². The van der Waals surface area contributed by atoms with Gasteiger partial charge in [-0.05, 0) is 26.2 Å². The molecule has 0 amide bonds. The van der Waals surface area contributed by atoms with Crippen LogP contribution in [-0.2, 0) is 5.41 Å². The number of hydrogen-bond donors (Lipinski definition) is 2. The Morgan fingerprint density at radius 3 is 2.86 bits per heavy atom. The van der Waals surface area contributed by atoms with Crippen molar-refractivity contribution in [2.24, 2.45) is 5.73 Å². The lowest BCUT2D eigenvalue weighted by atomic mass is 9.85. The molecule has 2 unspecified atom stereocenters. The van der Waals surface area contributed by atoms with Crippen molar-refractivity contribution in [2.75, 3.05) is 6.54 Å². The van der Waals surface area contributed by atoms with E-state index in [9.17, 15) is 5.11 Å². The van der Waals surface area contributed by atoms with Crippen molar-refractivity contribution >= 4 is 11.3 Å². The number of aromatic nitrogens is 2. The van der Waals surface area contributed by atoms with Crippen molar-refractivity contribution in [2.45, 2.75) is 37.7 Å². The molecule has 1 heterocycles. The zero-order valence-electron chi connectivity index (χ0n) is 8.23. The van der Waals surface area contributed by atoms with Crippen molar-refractivity contribution in [3.05, 3.63) is 10.0 Å². The van der Waals surface area contributed by atoms with Gasteiger partial charge in [-0.1, -0.05) is 0 Å². The molecule has 1 saturated carbocycles. The van der Waals surface area contributed by atoms with Gasteiger partial charge in [-0.15, -0.1) is 21.5 Å². The van der Waals surface area contributed by atoms with Gasteiger partial charge >= 0.3 is 0 Å². The topological polar surface area (TPSA) is 72.0 Å². The van der Waals surface area contributed by atoms with Crippen molar-refractivity contribution in [1.29, 1.82) is 0 Å². The lowest BCUT2D eigenvalue weighted by molar-refractivity contribution is 0.110. The highest BCUT2D eigenvalue weighted by molar-refractivity contribution is 7.11. The number of aliphatic hydroxyl groups excluding tert-OH is 1. The Hall–Kier alpha value is -0.520. The van der Waals surface area contributed by atoms with Crippen LogP contribution in [0.25, 0.3) is 0 Å². The third-order valence-electron chi connectivity index (χ3n) is 3.05. The second kappa shape index (κ2) is 3.56. The van der Waals surface area contributed by atoms with Gasteiger partial charge < -0.3 is 10.8 Å². The van der Waals surface area contributed by atoms with E-state index < -0.39 is 0 Å². The number of nitrogens with two attached hydrogens (primary N) is 1. The van der Waals surface area contributed by atoms with E-state index in [-0.39, 0.29) is 11.5 Å². The number of aryl methyl sites for hydroxylation is 1. The van der Waals surface area contributed by atoms with Crippen molar-refractivity contribution < 1.29 is 5.11 Å². The molecule has 0 saturated heterocycles. The Morgan fingerprint density at radius 1 is 1.64 bits per heavy atom. The maximum atomic E-state index is 9.96. The van der Waals surface area contributed by atoms with E-state index in [2.05, 4.69) is 10.2 Å².